The van der Waals surface area contributed by atoms with Gasteiger partial charge in [-0.3, -0.25) is 0 Å². The Morgan fingerprint density at radius 1 is 1.33 bits per heavy atom. The molecule has 118 valence electrons. The molecule has 1 fully saturated rings. The fourth-order valence-electron chi connectivity index (χ4n) is 3.37. The van der Waals surface area contributed by atoms with E-state index in [4.69, 9.17) is 22.1 Å². The van der Waals surface area contributed by atoms with E-state index in [1.807, 2.05) is 23.0 Å². The molecule has 0 aromatic carbocycles. The Hall–Kier alpha value is -2.90. The van der Waals surface area contributed by atoms with E-state index >= 15 is 0 Å². The molecule has 1 saturated carbocycles. The van der Waals surface area contributed by atoms with E-state index in [0.29, 0.717) is 35.8 Å². The first kappa shape index (κ1) is 14.7. The van der Waals surface area contributed by atoms with Crippen molar-refractivity contribution < 1.29 is 0 Å². The largest absolute Gasteiger partial charge is 0.346 e. The lowest BCUT2D eigenvalue weighted by Crippen LogP contribution is -2.45. The average Bonchev–Trinajstić information content (AvgIpc) is 3.18. The Morgan fingerprint density at radius 2 is 2.17 bits per heavy atom. The topological polar surface area (TPSA) is 95.6 Å². The molecule has 0 atom stereocenters. The Bertz CT molecular complexity index is 998. The summed E-state index contributed by atoms with van der Waals surface area (Å²) in [6.45, 7) is 0. The molecule has 3 aromatic heterocycles. The minimum atomic E-state index is -0.310. The molecular formula is C16H12ClN7. The van der Waals surface area contributed by atoms with Crippen molar-refractivity contribution in [2.75, 3.05) is 0 Å². The van der Waals surface area contributed by atoms with Crippen LogP contribution >= 0.6 is 11.6 Å². The zero-order chi connectivity index (χ0) is 16.7. The molecular weight excluding hydrogens is 326 g/mol. The van der Waals surface area contributed by atoms with Gasteiger partial charge in [0, 0.05) is 18.0 Å². The quantitative estimate of drug-likeness (QED) is 0.732. The summed E-state index contributed by atoms with van der Waals surface area (Å²) in [5.41, 5.74) is 1.81. The summed E-state index contributed by atoms with van der Waals surface area (Å²) in [5, 5.41) is 22.6. The summed E-state index contributed by atoms with van der Waals surface area (Å²) < 4.78 is 3.61. The molecule has 0 aliphatic heterocycles. The van der Waals surface area contributed by atoms with Gasteiger partial charge in [-0.25, -0.2) is 14.5 Å². The highest BCUT2D eigenvalue weighted by atomic mass is 35.5. The molecule has 1 aliphatic carbocycles. The van der Waals surface area contributed by atoms with E-state index in [2.05, 4.69) is 27.2 Å². The molecule has 8 heteroatoms. The lowest BCUT2D eigenvalue weighted by Gasteiger charge is -2.45. The van der Waals surface area contributed by atoms with E-state index in [1.54, 1.807) is 10.7 Å². The first-order valence-electron chi connectivity index (χ1n) is 7.46. The van der Waals surface area contributed by atoms with Crippen LogP contribution in [-0.4, -0.2) is 24.1 Å². The van der Waals surface area contributed by atoms with Crippen LogP contribution in [-0.2, 0) is 5.54 Å². The highest BCUT2D eigenvalue weighted by molar-refractivity contribution is 6.29. The summed E-state index contributed by atoms with van der Waals surface area (Å²) in [7, 11) is 0. The lowest BCUT2D eigenvalue weighted by atomic mass is 9.67. The van der Waals surface area contributed by atoms with Gasteiger partial charge in [0.05, 0.1) is 36.2 Å². The average molecular weight is 338 g/mol. The molecule has 4 rings (SSSR count). The third kappa shape index (κ3) is 2.14. The van der Waals surface area contributed by atoms with Crippen LogP contribution in [0.4, 0.5) is 0 Å². The van der Waals surface area contributed by atoms with Crippen LogP contribution in [0.1, 0.15) is 19.3 Å². The summed E-state index contributed by atoms with van der Waals surface area (Å²) in [6, 6.07) is 6.44. The molecule has 0 saturated heterocycles. The second kappa shape index (κ2) is 5.33. The number of fused-ring (bicyclic) bond motifs is 1. The molecule has 0 amide bonds. The second-order valence-electron chi connectivity index (χ2n) is 6.04. The fraction of sp³-hybridized carbons (Fsp3) is 0.312. The second-order valence-corrected chi connectivity index (χ2v) is 6.43. The predicted molar refractivity (Wildman–Crippen MR) is 85.8 cm³/mol. The fourth-order valence-corrected chi connectivity index (χ4v) is 3.55. The van der Waals surface area contributed by atoms with Gasteiger partial charge in [-0.05, 0) is 18.9 Å². The molecule has 24 heavy (non-hydrogen) atoms. The first-order valence-corrected chi connectivity index (χ1v) is 7.84. The molecule has 0 radical (unpaired) electrons. The highest BCUT2D eigenvalue weighted by Gasteiger charge is 2.45. The number of nitrogens with zero attached hydrogens (tertiary/aromatic N) is 7. The molecule has 3 aromatic rings. The third-order valence-electron chi connectivity index (χ3n) is 4.59. The van der Waals surface area contributed by atoms with Crippen molar-refractivity contribution in [2.24, 2.45) is 5.92 Å². The minimum Gasteiger partial charge on any atom is -0.346 e. The van der Waals surface area contributed by atoms with Gasteiger partial charge in [-0.1, -0.05) is 11.6 Å². The SMILES string of the molecule is N#CCC1(n2ccc(-c3nc(Cl)cn4ncnc34)c2)CC(C#N)C1. The van der Waals surface area contributed by atoms with E-state index in [-0.39, 0.29) is 11.5 Å². The standard InChI is InChI=1S/C16H12ClN7/c17-13-9-24-15(20-10-21-24)14(22-13)12-1-4-23(8-12)16(2-3-18)5-11(6-16)7-19/h1,4,8-11H,2,5-6H2. The van der Waals surface area contributed by atoms with Crippen molar-refractivity contribution in [1.82, 2.24) is 24.1 Å². The first-order chi connectivity index (χ1) is 11.6. The zero-order valence-electron chi connectivity index (χ0n) is 12.6. The van der Waals surface area contributed by atoms with E-state index in [0.717, 1.165) is 5.56 Å². The molecule has 0 unspecified atom stereocenters. The Kier molecular flexibility index (Phi) is 3.26. The van der Waals surface area contributed by atoms with Gasteiger partial charge in [0.25, 0.3) is 0 Å². The van der Waals surface area contributed by atoms with Crippen molar-refractivity contribution in [3.8, 4) is 23.4 Å². The maximum Gasteiger partial charge on any atom is 0.181 e. The van der Waals surface area contributed by atoms with Gasteiger partial charge in [0.15, 0.2) is 5.65 Å². The smallest absolute Gasteiger partial charge is 0.181 e. The molecule has 7 nitrogen and oxygen atoms in total. The number of hydrogen-bond acceptors (Lipinski definition) is 5. The van der Waals surface area contributed by atoms with Crippen molar-refractivity contribution in [3.05, 3.63) is 36.1 Å². The third-order valence-corrected chi connectivity index (χ3v) is 4.77. The summed E-state index contributed by atoms with van der Waals surface area (Å²) in [5.74, 6) is 0.0108. The van der Waals surface area contributed by atoms with E-state index < -0.39 is 0 Å². The van der Waals surface area contributed by atoms with Crippen LogP contribution < -0.4 is 0 Å². The van der Waals surface area contributed by atoms with E-state index in [1.165, 1.54) is 6.33 Å². The normalized spacial score (nSPS) is 22.7. The van der Waals surface area contributed by atoms with Crippen molar-refractivity contribution >= 4 is 17.2 Å². The van der Waals surface area contributed by atoms with Gasteiger partial charge >= 0.3 is 0 Å². The van der Waals surface area contributed by atoms with E-state index in [9.17, 15) is 0 Å². The maximum atomic E-state index is 9.16. The highest BCUT2D eigenvalue weighted by Crippen LogP contribution is 2.46. The van der Waals surface area contributed by atoms with Crippen LogP contribution in [0.2, 0.25) is 5.15 Å². The van der Waals surface area contributed by atoms with Gasteiger partial charge in [-0.15, -0.1) is 0 Å². The Morgan fingerprint density at radius 3 is 2.92 bits per heavy atom. The van der Waals surface area contributed by atoms with Crippen LogP contribution in [0.5, 0.6) is 0 Å². The predicted octanol–water partition coefficient (Wildman–Crippen LogP) is 2.79. The lowest BCUT2D eigenvalue weighted by molar-refractivity contribution is 0.104. The van der Waals surface area contributed by atoms with Gasteiger partial charge in [-0.2, -0.15) is 15.6 Å². The summed E-state index contributed by atoms with van der Waals surface area (Å²) >= 11 is 6.07. The van der Waals surface area contributed by atoms with Crippen LogP contribution in [0, 0.1) is 28.6 Å². The number of aromatic nitrogens is 5. The van der Waals surface area contributed by atoms with Gasteiger partial charge in [0.2, 0.25) is 0 Å². The molecule has 3 heterocycles. The monoisotopic (exact) mass is 337 g/mol. The number of nitriles is 2. The number of hydrogen-bond donors (Lipinski definition) is 0. The number of rotatable bonds is 3. The molecule has 1 aliphatic rings. The summed E-state index contributed by atoms with van der Waals surface area (Å²) in [6.07, 6.45) is 8.68. The summed E-state index contributed by atoms with van der Waals surface area (Å²) in [4.78, 5) is 8.60. The van der Waals surface area contributed by atoms with Crippen molar-refractivity contribution in [3.63, 3.8) is 0 Å². The molecule has 0 bridgehead atoms. The van der Waals surface area contributed by atoms with Crippen LogP contribution in [0.15, 0.2) is 31.0 Å². The molecule has 0 N–H and O–H groups in total. The Balaban J connectivity index is 1.76. The van der Waals surface area contributed by atoms with Gasteiger partial charge < -0.3 is 4.57 Å². The van der Waals surface area contributed by atoms with Gasteiger partial charge in [0.1, 0.15) is 17.2 Å². The van der Waals surface area contributed by atoms with Crippen molar-refractivity contribution in [2.45, 2.75) is 24.8 Å². The molecule has 0 spiro atoms. The minimum absolute atomic E-state index is 0.0108. The van der Waals surface area contributed by atoms with Crippen LogP contribution in [0.3, 0.4) is 0 Å². The van der Waals surface area contributed by atoms with Crippen LogP contribution in [0.25, 0.3) is 16.9 Å². The number of halogens is 1. The zero-order valence-corrected chi connectivity index (χ0v) is 13.3. The Labute approximate surface area is 142 Å². The van der Waals surface area contributed by atoms with Crippen molar-refractivity contribution in [1.29, 1.82) is 10.5 Å². The maximum absolute atomic E-state index is 9.16.